The monoisotopic (exact) mass is 295 g/mol. The van der Waals surface area contributed by atoms with E-state index >= 15 is 0 Å². The molecule has 2 rings (SSSR count). The maximum absolute atomic E-state index is 7.70. The number of anilines is 1. The Balaban J connectivity index is 2.40. The lowest BCUT2D eigenvalue weighted by molar-refractivity contribution is 0.418. The van der Waals surface area contributed by atoms with Gasteiger partial charge in [-0.1, -0.05) is 19.9 Å². The van der Waals surface area contributed by atoms with E-state index in [0.717, 1.165) is 28.8 Å². The first-order chi connectivity index (χ1) is 7.91. The second-order valence-electron chi connectivity index (χ2n) is 5.38. The number of halogens is 1. The van der Waals surface area contributed by atoms with Crippen LogP contribution in [0.4, 0.5) is 5.69 Å². The van der Waals surface area contributed by atoms with Crippen LogP contribution in [0.25, 0.3) is 0 Å². The van der Waals surface area contributed by atoms with Crippen molar-refractivity contribution in [3.63, 3.8) is 0 Å². The summed E-state index contributed by atoms with van der Waals surface area (Å²) in [5, 5.41) is 7.70. The van der Waals surface area contributed by atoms with Crippen molar-refractivity contribution < 1.29 is 0 Å². The molecule has 1 aromatic carbocycles. The summed E-state index contributed by atoms with van der Waals surface area (Å²) in [6.45, 7) is 6.60. The van der Waals surface area contributed by atoms with Crippen molar-refractivity contribution in [3.05, 3.63) is 28.2 Å². The summed E-state index contributed by atoms with van der Waals surface area (Å²) in [6.07, 6.45) is 1.18. The highest BCUT2D eigenvalue weighted by atomic mass is 79.9. The lowest BCUT2D eigenvalue weighted by Gasteiger charge is -2.24. The predicted molar refractivity (Wildman–Crippen MR) is 75.8 cm³/mol. The molecule has 1 aromatic rings. The molecule has 1 fully saturated rings. The average molecular weight is 296 g/mol. The highest BCUT2D eigenvalue weighted by Crippen LogP contribution is 2.35. The van der Waals surface area contributed by atoms with Crippen LogP contribution in [-0.2, 0) is 0 Å². The van der Waals surface area contributed by atoms with Crippen molar-refractivity contribution in [2.75, 3.05) is 18.0 Å². The summed E-state index contributed by atoms with van der Waals surface area (Å²) >= 11 is 3.48. The van der Waals surface area contributed by atoms with Gasteiger partial charge in [0.15, 0.2) is 0 Å². The first-order valence-electron chi connectivity index (χ1n) is 5.78. The van der Waals surface area contributed by atoms with Gasteiger partial charge in [-0.05, 0) is 39.9 Å². The van der Waals surface area contributed by atoms with Gasteiger partial charge in [0.05, 0.1) is 5.56 Å². The van der Waals surface area contributed by atoms with Gasteiger partial charge in [-0.25, -0.2) is 0 Å². The molecule has 1 aliphatic heterocycles. The minimum atomic E-state index is 0.122. The van der Waals surface area contributed by atoms with Crippen LogP contribution in [0.15, 0.2) is 22.7 Å². The zero-order valence-electron chi connectivity index (χ0n) is 10.3. The van der Waals surface area contributed by atoms with Gasteiger partial charge < -0.3 is 10.6 Å². The van der Waals surface area contributed by atoms with Gasteiger partial charge in [-0.2, -0.15) is 0 Å². The van der Waals surface area contributed by atoms with Crippen molar-refractivity contribution in [2.24, 2.45) is 11.1 Å². The Labute approximate surface area is 111 Å². The molecule has 0 unspecified atom stereocenters. The molecule has 1 saturated heterocycles. The largest absolute Gasteiger partial charge is 0.384 e. The number of amidine groups is 1. The second-order valence-corrected chi connectivity index (χ2v) is 6.24. The maximum Gasteiger partial charge on any atom is 0.126 e. The predicted octanol–water partition coefficient (Wildman–Crippen LogP) is 2.97. The van der Waals surface area contributed by atoms with Gasteiger partial charge in [0.1, 0.15) is 5.84 Å². The molecule has 0 bridgehead atoms. The van der Waals surface area contributed by atoms with Crippen LogP contribution in [0.2, 0.25) is 0 Å². The number of nitrogen functional groups attached to an aromatic ring is 1. The lowest BCUT2D eigenvalue weighted by Crippen LogP contribution is -2.26. The van der Waals surface area contributed by atoms with Crippen LogP contribution >= 0.6 is 15.9 Å². The third-order valence-electron chi connectivity index (χ3n) is 3.28. The Morgan fingerprint density at radius 2 is 2.18 bits per heavy atom. The zero-order valence-corrected chi connectivity index (χ0v) is 11.8. The molecular weight excluding hydrogens is 278 g/mol. The summed E-state index contributed by atoms with van der Waals surface area (Å²) in [5.41, 5.74) is 7.90. The van der Waals surface area contributed by atoms with Gasteiger partial charge in [0.2, 0.25) is 0 Å². The number of rotatable bonds is 2. The Kier molecular flexibility index (Phi) is 3.17. The molecule has 0 radical (unpaired) electrons. The summed E-state index contributed by atoms with van der Waals surface area (Å²) in [6, 6.07) is 5.97. The van der Waals surface area contributed by atoms with Crippen molar-refractivity contribution in [1.29, 1.82) is 5.41 Å². The van der Waals surface area contributed by atoms with E-state index in [1.165, 1.54) is 6.42 Å². The minimum absolute atomic E-state index is 0.122. The Morgan fingerprint density at radius 1 is 1.47 bits per heavy atom. The van der Waals surface area contributed by atoms with Gasteiger partial charge in [0.25, 0.3) is 0 Å². The molecule has 0 amide bonds. The molecule has 4 heteroatoms. The standard InChI is InChI=1S/C13H18BrN3/c1-13(2)6-7-17(8-13)10-5-3-4-9(14)11(10)12(15)16/h3-5H,6-8H2,1-2H3,(H3,15,16). The van der Waals surface area contributed by atoms with E-state index < -0.39 is 0 Å². The number of hydrogen-bond acceptors (Lipinski definition) is 2. The van der Waals surface area contributed by atoms with E-state index in [4.69, 9.17) is 11.1 Å². The second kappa shape index (κ2) is 4.33. The third kappa shape index (κ3) is 2.46. The van der Waals surface area contributed by atoms with E-state index in [-0.39, 0.29) is 5.84 Å². The number of hydrogen-bond donors (Lipinski definition) is 2. The van der Waals surface area contributed by atoms with Gasteiger partial charge >= 0.3 is 0 Å². The van der Waals surface area contributed by atoms with E-state index in [2.05, 4.69) is 34.7 Å². The van der Waals surface area contributed by atoms with Crippen LogP contribution < -0.4 is 10.6 Å². The first-order valence-corrected chi connectivity index (χ1v) is 6.58. The molecule has 92 valence electrons. The van der Waals surface area contributed by atoms with E-state index in [9.17, 15) is 0 Å². The molecule has 17 heavy (non-hydrogen) atoms. The average Bonchev–Trinajstić information content (AvgIpc) is 2.57. The Hall–Kier alpha value is -1.03. The molecule has 0 aliphatic carbocycles. The van der Waals surface area contributed by atoms with Crippen molar-refractivity contribution in [1.82, 2.24) is 0 Å². The fraction of sp³-hybridized carbons (Fsp3) is 0.462. The van der Waals surface area contributed by atoms with Crippen LogP contribution in [-0.4, -0.2) is 18.9 Å². The normalized spacial score (nSPS) is 18.4. The Morgan fingerprint density at radius 3 is 2.71 bits per heavy atom. The molecule has 0 aromatic heterocycles. The maximum atomic E-state index is 7.70. The summed E-state index contributed by atoms with van der Waals surface area (Å²) < 4.78 is 0.896. The van der Waals surface area contributed by atoms with Gasteiger partial charge in [0, 0.05) is 23.2 Å². The van der Waals surface area contributed by atoms with Crippen molar-refractivity contribution in [3.8, 4) is 0 Å². The first kappa shape index (κ1) is 12.4. The lowest BCUT2D eigenvalue weighted by atomic mass is 9.93. The quantitative estimate of drug-likeness (QED) is 0.651. The molecule has 1 heterocycles. The minimum Gasteiger partial charge on any atom is -0.384 e. The van der Waals surface area contributed by atoms with E-state index in [1.54, 1.807) is 0 Å². The van der Waals surface area contributed by atoms with Crippen LogP contribution in [0.3, 0.4) is 0 Å². The number of nitrogens with two attached hydrogens (primary N) is 1. The van der Waals surface area contributed by atoms with Gasteiger partial charge in [-0.3, -0.25) is 5.41 Å². The highest BCUT2D eigenvalue weighted by Gasteiger charge is 2.30. The van der Waals surface area contributed by atoms with Gasteiger partial charge in [-0.15, -0.1) is 0 Å². The smallest absolute Gasteiger partial charge is 0.126 e. The van der Waals surface area contributed by atoms with Crippen molar-refractivity contribution in [2.45, 2.75) is 20.3 Å². The molecule has 0 saturated carbocycles. The fourth-order valence-corrected chi connectivity index (χ4v) is 2.93. The third-order valence-corrected chi connectivity index (χ3v) is 3.94. The van der Waals surface area contributed by atoms with E-state index in [0.29, 0.717) is 5.41 Å². The molecule has 3 N–H and O–H groups in total. The van der Waals surface area contributed by atoms with Crippen LogP contribution in [0, 0.1) is 10.8 Å². The topological polar surface area (TPSA) is 53.1 Å². The zero-order chi connectivity index (χ0) is 12.6. The Bertz CT molecular complexity index is 454. The number of benzene rings is 1. The molecule has 1 aliphatic rings. The number of nitrogens with zero attached hydrogens (tertiary/aromatic N) is 1. The van der Waals surface area contributed by atoms with Crippen LogP contribution in [0.5, 0.6) is 0 Å². The molecule has 0 atom stereocenters. The molecule has 3 nitrogen and oxygen atoms in total. The summed E-state index contributed by atoms with van der Waals surface area (Å²) in [4.78, 5) is 2.32. The SMILES string of the molecule is CC1(C)CCN(c2cccc(Br)c2C(=N)N)C1. The molecular formula is C13H18BrN3. The molecule has 0 spiro atoms. The number of nitrogens with one attached hydrogen (secondary N) is 1. The fourth-order valence-electron chi connectivity index (χ4n) is 2.36. The highest BCUT2D eigenvalue weighted by molar-refractivity contribution is 9.10. The van der Waals surface area contributed by atoms with Crippen molar-refractivity contribution >= 4 is 27.5 Å². The van der Waals surface area contributed by atoms with Crippen LogP contribution in [0.1, 0.15) is 25.8 Å². The summed E-state index contributed by atoms with van der Waals surface area (Å²) in [5.74, 6) is 0.122. The van der Waals surface area contributed by atoms with E-state index in [1.807, 2.05) is 18.2 Å². The summed E-state index contributed by atoms with van der Waals surface area (Å²) in [7, 11) is 0.